The van der Waals surface area contributed by atoms with Gasteiger partial charge in [0.1, 0.15) is 10.0 Å². The van der Waals surface area contributed by atoms with Crippen LogP contribution in [0.4, 0.5) is 0 Å². The lowest BCUT2D eigenvalue weighted by atomic mass is 10.0. The Labute approximate surface area is 122 Å². The molecular weight excluding hydrogens is 304 g/mol. The molecule has 20 heavy (non-hydrogen) atoms. The van der Waals surface area contributed by atoms with E-state index in [2.05, 4.69) is 4.98 Å². The predicted octanol–water partition coefficient (Wildman–Crippen LogP) is 1.61. The number of pyridine rings is 1. The van der Waals surface area contributed by atoms with Gasteiger partial charge < -0.3 is 5.11 Å². The molecule has 110 valence electrons. The molecule has 1 fully saturated rings. The molecule has 1 aromatic rings. The van der Waals surface area contributed by atoms with Crippen molar-refractivity contribution >= 4 is 27.6 Å². The number of carbonyl (C=O) groups is 1. The van der Waals surface area contributed by atoms with Crippen LogP contribution in [0.3, 0.4) is 0 Å². The van der Waals surface area contributed by atoms with E-state index >= 15 is 0 Å². The summed E-state index contributed by atoms with van der Waals surface area (Å²) in [6.07, 6.45) is 2.65. The molecule has 1 saturated heterocycles. The zero-order valence-corrected chi connectivity index (χ0v) is 12.3. The first kappa shape index (κ1) is 15.2. The molecule has 0 bridgehead atoms. The topological polar surface area (TPSA) is 87.6 Å². The predicted molar refractivity (Wildman–Crippen MR) is 73.0 cm³/mol. The minimum atomic E-state index is -3.65. The number of aromatic nitrogens is 1. The fraction of sp³-hybridized carbons (Fsp3) is 0.500. The van der Waals surface area contributed by atoms with Gasteiger partial charge in [-0.2, -0.15) is 4.31 Å². The summed E-state index contributed by atoms with van der Waals surface area (Å²) < 4.78 is 26.2. The molecule has 1 aromatic heterocycles. The van der Waals surface area contributed by atoms with Gasteiger partial charge in [-0.1, -0.05) is 11.6 Å². The van der Waals surface area contributed by atoms with Gasteiger partial charge >= 0.3 is 5.97 Å². The van der Waals surface area contributed by atoms with E-state index in [-0.39, 0.29) is 22.4 Å². The molecule has 1 unspecified atom stereocenters. The van der Waals surface area contributed by atoms with Gasteiger partial charge in [-0.15, -0.1) is 0 Å². The number of hydrogen-bond acceptors (Lipinski definition) is 4. The maximum atomic E-state index is 12.4. The van der Waals surface area contributed by atoms with E-state index in [9.17, 15) is 13.2 Å². The van der Waals surface area contributed by atoms with Crippen LogP contribution < -0.4 is 0 Å². The van der Waals surface area contributed by atoms with Crippen molar-refractivity contribution < 1.29 is 18.3 Å². The lowest BCUT2D eigenvalue weighted by molar-refractivity contribution is -0.137. The molecule has 1 atom stereocenters. The van der Waals surface area contributed by atoms with Gasteiger partial charge in [0.25, 0.3) is 0 Å². The Hall–Kier alpha value is -1.18. The third-order valence-electron chi connectivity index (χ3n) is 3.36. The van der Waals surface area contributed by atoms with Crippen molar-refractivity contribution in [3.8, 4) is 0 Å². The SMILES string of the molecule is O=C(O)CCC1CCN(S(=O)(=O)c2cccnc2Cl)C1. The molecule has 1 aliphatic heterocycles. The summed E-state index contributed by atoms with van der Waals surface area (Å²) in [6.45, 7) is 0.721. The molecule has 1 aliphatic rings. The van der Waals surface area contributed by atoms with Crippen molar-refractivity contribution in [1.29, 1.82) is 0 Å². The van der Waals surface area contributed by atoms with Gasteiger partial charge in [0.15, 0.2) is 0 Å². The van der Waals surface area contributed by atoms with Gasteiger partial charge in [0.05, 0.1) is 0 Å². The lowest BCUT2D eigenvalue weighted by Crippen LogP contribution is -2.29. The van der Waals surface area contributed by atoms with Crippen LogP contribution in [-0.4, -0.2) is 41.9 Å². The quantitative estimate of drug-likeness (QED) is 0.833. The van der Waals surface area contributed by atoms with Crippen molar-refractivity contribution in [3.05, 3.63) is 23.5 Å². The maximum absolute atomic E-state index is 12.4. The van der Waals surface area contributed by atoms with Crippen LogP contribution >= 0.6 is 11.6 Å². The Bertz CT molecular complexity index is 605. The second-order valence-corrected chi connectivity index (χ2v) is 7.01. The van der Waals surface area contributed by atoms with Crippen LogP contribution in [0.1, 0.15) is 19.3 Å². The summed E-state index contributed by atoms with van der Waals surface area (Å²) >= 11 is 5.83. The van der Waals surface area contributed by atoms with Gasteiger partial charge in [-0.3, -0.25) is 4.79 Å². The summed E-state index contributed by atoms with van der Waals surface area (Å²) in [6, 6.07) is 2.95. The molecule has 0 aliphatic carbocycles. The number of nitrogens with zero attached hydrogens (tertiary/aromatic N) is 2. The van der Waals surface area contributed by atoms with E-state index < -0.39 is 16.0 Å². The summed E-state index contributed by atoms with van der Waals surface area (Å²) in [7, 11) is -3.65. The number of rotatable bonds is 5. The van der Waals surface area contributed by atoms with Crippen molar-refractivity contribution in [3.63, 3.8) is 0 Å². The number of halogens is 1. The zero-order valence-electron chi connectivity index (χ0n) is 10.7. The van der Waals surface area contributed by atoms with E-state index in [0.717, 1.165) is 0 Å². The first-order chi connectivity index (χ1) is 9.41. The number of sulfonamides is 1. The molecule has 2 heterocycles. The Morgan fingerprint density at radius 3 is 2.95 bits per heavy atom. The van der Waals surface area contributed by atoms with E-state index in [0.29, 0.717) is 25.9 Å². The standard InChI is InChI=1S/C12H15ClN2O4S/c13-12-10(2-1-6-14-12)20(18,19)15-7-5-9(8-15)3-4-11(16)17/h1-2,6,9H,3-5,7-8H2,(H,16,17). The third-order valence-corrected chi connectivity index (χ3v) is 5.67. The monoisotopic (exact) mass is 318 g/mol. The van der Waals surface area contributed by atoms with Crippen LogP contribution in [0.15, 0.2) is 23.2 Å². The first-order valence-corrected chi connectivity index (χ1v) is 8.05. The molecule has 1 N–H and O–H groups in total. The van der Waals surface area contributed by atoms with E-state index in [1.54, 1.807) is 0 Å². The fourth-order valence-electron chi connectivity index (χ4n) is 2.28. The van der Waals surface area contributed by atoms with Gasteiger partial charge in [-0.25, -0.2) is 13.4 Å². The summed E-state index contributed by atoms with van der Waals surface area (Å²) in [5.74, 6) is -0.780. The normalized spacial score (nSPS) is 20.1. The van der Waals surface area contributed by atoms with Crippen molar-refractivity contribution in [1.82, 2.24) is 9.29 Å². The molecule has 6 nitrogen and oxygen atoms in total. The summed E-state index contributed by atoms with van der Waals surface area (Å²) in [4.78, 5) is 14.3. The molecule has 0 aromatic carbocycles. The Morgan fingerprint density at radius 2 is 2.30 bits per heavy atom. The van der Waals surface area contributed by atoms with Gasteiger partial charge in [0, 0.05) is 25.7 Å². The number of hydrogen-bond donors (Lipinski definition) is 1. The second kappa shape index (κ2) is 6.07. The minimum Gasteiger partial charge on any atom is -0.481 e. The number of carboxylic acids is 1. The van der Waals surface area contributed by atoms with Crippen molar-refractivity contribution in [2.24, 2.45) is 5.92 Å². The zero-order chi connectivity index (χ0) is 14.8. The average molecular weight is 319 g/mol. The second-order valence-electron chi connectivity index (χ2n) is 4.74. The van der Waals surface area contributed by atoms with Crippen molar-refractivity contribution in [2.45, 2.75) is 24.2 Å². The highest BCUT2D eigenvalue weighted by molar-refractivity contribution is 7.89. The maximum Gasteiger partial charge on any atom is 0.303 e. The van der Waals surface area contributed by atoms with E-state index in [4.69, 9.17) is 16.7 Å². The number of carboxylic acid groups (broad SMARTS) is 1. The number of aliphatic carboxylic acids is 1. The van der Waals surface area contributed by atoms with Crippen LogP contribution in [0.2, 0.25) is 5.15 Å². The van der Waals surface area contributed by atoms with E-state index in [1.807, 2.05) is 0 Å². The lowest BCUT2D eigenvalue weighted by Gasteiger charge is -2.16. The largest absolute Gasteiger partial charge is 0.481 e. The molecular formula is C12H15ClN2O4S. The highest BCUT2D eigenvalue weighted by Crippen LogP contribution is 2.29. The molecule has 0 saturated carbocycles. The third kappa shape index (κ3) is 3.28. The molecule has 8 heteroatoms. The van der Waals surface area contributed by atoms with Crippen LogP contribution in [0.25, 0.3) is 0 Å². The summed E-state index contributed by atoms with van der Waals surface area (Å²) in [5.41, 5.74) is 0. The molecule has 0 amide bonds. The highest BCUT2D eigenvalue weighted by Gasteiger charge is 2.33. The van der Waals surface area contributed by atoms with E-state index in [1.165, 1.54) is 22.6 Å². The van der Waals surface area contributed by atoms with Crippen LogP contribution in [-0.2, 0) is 14.8 Å². The van der Waals surface area contributed by atoms with Crippen LogP contribution in [0, 0.1) is 5.92 Å². The van der Waals surface area contributed by atoms with Gasteiger partial charge in [-0.05, 0) is 30.9 Å². The molecule has 0 spiro atoms. The van der Waals surface area contributed by atoms with Crippen molar-refractivity contribution in [2.75, 3.05) is 13.1 Å². The smallest absolute Gasteiger partial charge is 0.303 e. The Kier molecular flexibility index (Phi) is 4.62. The Morgan fingerprint density at radius 1 is 1.55 bits per heavy atom. The summed E-state index contributed by atoms with van der Waals surface area (Å²) in [5, 5.41) is 8.62. The Balaban J connectivity index is 2.09. The fourth-order valence-corrected chi connectivity index (χ4v) is 4.24. The molecule has 0 radical (unpaired) electrons. The highest BCUT2D eigenvalue weighted by atomic mass is 35.5. The first-order valence-electron chi connectivity index (χ1n) is 6.23. The molecule has 2 rings (SSSR count). The van der Waals surface area contributed by atoms with Gasteiger partial charge in [0.2, 0.25) is 10.0 Å². The minimum absolute atomic E-state index is 0.000510. The average Bonchev–Trinajstić information content (AvgIpc) is 2.86. The van der Waals surface area contributed by atoms with Crippen LogP contribution in [0.5, 0.6) is 0 Å².